The Balaban J connectivity index is 2.62. The van der Waals surface area contributed by atoms with Crippen LogP contribution in [0.2, 0.25) is 0 Å². The van der Waals surface area contributed by atoms with Gasteiger partial charge < -0.3 is 4.84 Å². The Bertz CT molecular complexity index is 571. The monoisotopic (exact) mass is 197 g/mol. The molecule has 0 saturated heterocycles. The molecule has 3 aromatic rings. The van der Waals surface area contributed by atoms with Crippen LogP contribution in [0.4, 0.5) is 0 Å². The quantitative estimate of drug-likeness (QED) is 0.585. The Labute approximate surface area is 87.6 Å². The minimum Gasteiger partial charge on any atom is -0.417 e. The molecule has 0 unspecified atom stereocenters. The number of nitrogens with zero attached hydrogens (tertiary/aromatic N) is 1. The van der Waals surface area contributed by atoms with Crippen LogP contribution < -0.4 is 4.84 Å². The normalized spacial score (nSPS) is 11.0. The Morgan fingerprint density at radius 2 is 1.27 bits per heavy atom. The minimum absolute atomic E-state index is 1.11. The van der Waals surface area contributed by atoms with Gasteiger partial charge in [-0.05, 0) is 12.1 Å². The van der Waals surface area contributed by atoms with Gasteiger partial charge in [-0.1, -0.05) is 36.4 Å². The fraction of sp³-hybridized carbons (Fsp3) is 0.0769. The number of para-hydroxylation sites is 2. The van der Waals surface area contributed by atoms with E-state index in [0.29, 0.717) is 0 Å². The van der Waals surface area contributed by atoms with Crippen molar-refractivity contribution in [3.8, 4) is 0 Å². The van der Waals surface area contributed by atoms with Crippen LogP contribution in [0, 0.1) is 0 Å². The molecule has 0 saturated carbocycles. The number of fused-ring (bicyclic) bond motifs is 3. The largest absolute Gasteiger partial charge is 0.417 e. The molecule has 0 N–H and O–H groups in total. The van der Waals surface area contributed by atoms with E-state index in [2.05, 4.69) is 36.4 Å². The van der Waals surface area contributed by atoms with Gasteiger partial charge in [-0.3, -0.25) is 0 Å². The number of rotatable bonds is 1. The number of hydrogen-bond donors (Lipinski definition) is 0. The van der Waals surface area contributed by atoms with Gasteiger partial charge in [-0.2, -0.15) is 4.73 Å². The van der Waals surface area contributed by atoms with Crippen molar-refractivity contribution in [1.82, 2.24) is 4.73 Å². The van der Waals surface area contributed by atoms with Gasteiger partial charge in [0.05, 0.1) is 11.0 Å². The molecule has 0 bridgehead atoms. The third kappa shape index (κ3) is 1.05. The summed E-state index contributed by atoms with van der Waals surface area (Å²) in [7, 11) is 1.69. The van der Waals surface area contributed by atoms with E-state index in [0.717, 1.165) is 11.0 Å². The van der Waals surface area contributed by atoms with Gasteiger partial charge in [0.1, 0.15) is 7.11 Å². The van der Waals surface area contributed by atoms with Crippen molar-refractivity contribution < 1.29 is 4.84 Å². The van der Waals surface area contributed by atoms with Crippen molar-refractivity contribution in [2.24, 2.45) is 0 Å². The van der Waals surface area contributed by atoms with Crippen LogP contribution in [0.15, 0.2) is 48.5 Å². The molecule has 0 spiro atoms. The molecule has 1 heterocycles. The highest BCUT2D eigenvalue weighted by molar-refractivity contribution is 6.07. The molecule has 2 nitrogen and oxygen atoms in total. The second-order valence-corrected chi connectivity index (χ2v) is 3.51. The zero-order chi connectivity index (χ0) is 10.3. The topological polar surface area (TPSA) is 14.2 Å². The summed E-state index contributed by atoms with van der Waals surface area (Å²) in [6.45, 7) is 0. The van der Waals surface area contributed by atoms with Crippen LogP contribution >= 0.6 is 0 Å². The van der Waals surface area contributed by atoms with E-state index in [-0.39, 0.29) is 0 Å². The van der Waals surface area contributed by atoms with E-state index in [1.807, 2.05) is 16.9 Å². The van der Waals surface area contributed by atoms with E-state index >= 15 is 0 Å². The maximum absolute atomic E-state index is 5.40. The first-order valence-corrected chi connectivity index (χ1v) is 4.94. The summed E-state index contributed by atoms with van der Waals surface area (Å²) in [5, 5.41) is 2.46. The van der Waals surface area contributed by atoms with Crippen molar-refractivity contribution in [3.63, 3.8) is 0 Å². The molecular weight excluding hydrogens is 186 g/mol. The lowest BCUT2D eigenvalue weighted by molar-refractivity contribution is 0.190. The van der Waals surface area contributed by atoms with Crippen LogP contribution in [-0.4, -0.2) is 11.8 Å². The maximum Gasteiger partial charge on any atom is 0.104 e. The SMILES string of the molecule is COn1c2ccccc2c2ccccc21. The van der Waals surface area contributed by atoms with Crippen LogP contribution in [0.1, 0.15) is 0 Å². The molecule has 74 valence electrons. The standard InChI is InChI=1S/C13H11NO/c1-15-14-12-8-4-2-6-10(12)11-7-3-5-9-13(11)14/h2-9H,1H3. The Morgan fingerprint density at radius 1 is 0.800 bits per heavy atom. The van der Waals surface area contributed by atoms with Gasteiger partial charge in [0.2, 0.25) is 0 Å². The van der Waals surface area contributed by atoms with Crippen LogP contribution in [0.25, 0.3) is 21.8 Å². The molecule has 0 aliphatic carbocycles. The predicted octanol–water partition coefficient (Wildman–Crippen LogP) is 2.85. The second-order valence-electron chi connectivity index (χ2n) is 3.51. The van der Waals surface area contributed by atoms with Gasteiger partial charge in [0, 0.05) is 10.8 Å². The molecule has 0 fully saturated rings. The number of benzene rings is 2. The van der Waals surface area contributed by atoms with E-state index in [1.165, 1.54) is 10.8 Å². The predicted molar refractivity (Wildman–Crippen MR) is 61.9 cm³/mol. The van der Waals surface area contributed by atoms with E-state index in [9.17, 15) is 0 Å². The van der Waals surface area contributed by atoms with E-state index in [4.69, 9.17) is 4.84 Å². The smallest absolute Gasteiger partial charge is 0.104 e. The summed E-state index contributed by atoms with van der Waals surface area (Å²) in [5.74, 6) is 0. The van der Waals surface area contributed by atoms with Crippen molar-refractivity contribution >= 4 is 21.8 Å². The van der Waals surface area contributed by atoms with Crippen molar-refractivity contribution in [3.05, 3.63) is 48.5 Å². The van der Waals surface area contributed by atoms with Crippen LogP contribution in [0.3, 0.4) is 0 Å². The molecule has 0 radical (unpaired) electrons. The van der Waals surface area contributed by atoms with Crippen molar-refractivity contribution in [1.29, 1.82) is 0 Å². The summed E-state index contributed by atoms with van der Waals surface area (Å²) in [5.41, 5.74) is 2.22. The highest BCUT2D eigenvalue weighted by Crippen LogP contribution is 2.27. The highest BCUT2D eigenvalue weighted by atomic mass is 16.6. The third-order valence-electron chi connectivity index (χ3n) is 2.72. The molecule has 1 aromatic heterocycles. The molecule has 0 atom stereocenters. The lowest BCUT2D eigenvalue weighted by atomic mass is 10.2. The molecular formula is C13H11NO. The zero-order valence-corrected chi connectivity index (χ0v) is 8.47. The average Bonchev–Trinajstić information content (AvgIpc) is 2.63. The lowest BCUT2D eigenvalue weighted by Crippen LogP contribution is -2.04. The average molecular weight is 197 g/mol. The first kappa shape index (κ1) is 8.36. The Kier molecular flexibility index (Phi) is 1.68. The molecule has 3 rings (SSSR count). The molecule has 0 aliphatic heterocycles. The summed E-state index contributed by atoms with van der Waals surface area (Å²) in [6.07, 6.45) is 0. The minimum atomic E-state index is 1.11. The first-order chi connectivity index (χ1) is 7.42. The number of hydrogen-bond acceptors (Lipinski definition) is 1. The van der Waals surface area contributed by atoms with Gasteiger partial charge >= 0.3 is 0 Å². The molecule has 15 heavy (non-hydrogen) atoms. The molecule has 0 aliphatic rings. The van der Waals surface area contributed by atoms with E-state index in [1.54, 1.807) is 7.11 Å². The van der Waals surface area contributed by atoms with Gasteiger partial charge in [-0.15, -0.1) is 0 Å². The molecule has 2 aromatic carbocycles. The summed E-state index contributed by atoms with van der Waals surface area (Å²) in [4.78, 5) is 5.40. The van der Waals surface area contributed by atoms with E-state index < -0.39 is 0 Å². The highest BCUT2D eigenvalue weighted by Gasteiger charge is 2.08. The van der Waals surface area contributed by atoms with Crippen molar-refractivity contribution in [2.45, 2.75) is 0 Å². The van der Waals surface area contributed by atoms with Gasteiger partial charge in [0.25, 0.3) is 0 Å². The summed E-state index contributed by atoms with van der Waals surface area (Å²) in [6, 6.07) is 16.5. The summed E-state index contributed by atoms with van der Waals surface area (Å²) >= 11 is 0. The Hall–Kier alpha value is -1.96. The second kappa shape index (κ2) is 3.02. The lowest BCUT2D eigenvalue weighted by Gasteiger charge is -2.03. The third-order valence-corrected chi connectivity index (χ3v) is 2.72. The summed E-state index contributed by atoms with van der Waals surface area (Å²) < 4.78 is 1.87. The Morgan fingerprint density at radius 3 is 1.73 bits per heavy atom. The van der Waals surface area contributed by atoms with Crippen LogP contribution in [-0.2, 0) is 0 Å². The first-order valence-electron chi connectivity index (χ1n) is 4.94. The number of aromatic nitrogens is 1. The van der Waals surface area contributed by atoms with Crippen molar-refractivity contribution in [2.75, 3.05) is 7.11 Å². The molecule has 2 heteroatoms. The molecule has 0 amide bonds. The van der Waals surface area contributed by atoms with Gasteiger partial charge in [0.15, 0.2) is 0 Å². The maximum atomic E-state index is 5.40. The van der Waals surface area contributed by atoms with Gasteiger partial charge in [-0.25, -0.2) is 0 Å². The van der Waals surface area contributed by atoms with Crippen LogP contribution in [0.5, 0.6) is 0 Å². The fourth-order valence-electron chi connectivity index (χ4n) is 2.08. The zero-order valence-electron chi connectivity index (χ0n) is 8.47. The fourth-order valence-corrected chi connectivity index (χ4v) is 2.08.